The molecule has 0 aliphatic carbocycles. The van der Waals surface area contributed by atoms with E-state index in [9.17, 15) is 9.18 Å². The maximum Gasteiger partial charge on any atom is 0.255 e. The Morgan fingerprint density at radius 2 is 2.09 bits per heavy atom. The number of nitrogens with zero attached hydrogens (tertiary/aromatic N) is 2. The van der Waals surface area contributed by atoms with E-state index < -0.39 is 0 Å². The Kier molecular flexibility index (Phi) is 5.10. The topological polar surface area (TPSA) is 32.8 Å². The van der Waals surface area contributed by atoms with Crippen LogP contribution in [0.15, 0.2) is 22.7 Å². The Bertz CT molecular complexity index is 541. The molecule has 6 heteroatoms. The summed E-state index contributed by atoms with van der Waals surface area (Å²) in [5.74, 6) is -0.494. The lowest BCUT2D eigenvalue weighted by Crippen LogP contribution is -2.50. The third-order valence-electron chi connectivity index (χ3n) is 4.30. The summed E-state index contributed by atoms with van der Waals surface area (Å²) >= 11 is 3.33. The van der Waals surface area contributed by atoms with E-state index in [1.165, 1.54) is 12.1 Å². The average molecular weight is 371 g/mol. The van der Waals surface area contributed by atoms with E-state index >= 15 is 0 Å². The van der Waals surface area contributed by atoms with E-state index in [1.54, 1.807) is 11.0 Å². The summed E-state index contributed by atoms with van der Waals surface area (Å²) < 4.78 is 19.6. The Hall–Kier alpha value is -0.980. The molecule has 1 aromatic carbocycles. The minimum atomic E-state index is -0.386. The summed E-state index contributed by atoms with van der Waals surface area (Å²) in [5, 5.41) is 0. The number of amides is 1. The van der Waals surface area contributed by atoms with Crippen LogP contribution in [0.5, 0.6) is 0 Å². The lowest BCUT2D eigenvalue weighted by molar-refractivity contribution is 0.0432. The second kappa shape index (κ2) is 7.06. The van der Waals surface area contributed by atoms with E-state index in [-0.39, 0.29) is 11.7 Å². The molecule has 0 N–H and O–H groups in total. The van der Waals surface area contributed by atoms with Gasteiger partial charge in [-0.3, -0.25) is 9.69 Å². The molecule has 1 unspecified atom stereocenters. The standard InChI is InChI=1S/C16H20BrFN2O2/c17-15-4-3-12(18)10-14(15)16(21)20-7-5-19(6-8-20)11-13-2-1-9-22-13/h3-4,10,13H,1-2,5-9,11H2. The molecule has 4 nitrogen and oxygen atoms in total. The van der Waals surface area contributed by atoms with Gasteiger partial charge in [0.1, 0.15) is 5.82 Å². The maximum absolute atomic E-state index is 13.4. The zero-order chi connectivity index (χ0) is 15.5. The highest BCUT2D eigenvalue weighted by atomic mass is 79.9. The molecule has 2 aliphatic heterocycles. The SMILES string of the molecule is O=C(c1cc(F)ccc1Br)N1CCN(CC2CCCO2)CC1. The van der Waals surface area contributed by atoms with Gasteiger partial charge >= 0.3 is 0 Å². The van der Waals surface area contributed by atoms with Gasteiger partial charge in [-0.15, -0.1) is 0 Å². The Morgan fingerprint density at radius 3 is 2.77 bits per heavy atom. The van der Waals surface area contributed by atoms with Crippen molar-refractivity contribution in [3.63, 3.8) is 0 Å². The van der Waals surface area contributed by atoms with Crippen molar-refractivity contribution in [1.82, 2.24) is 9.80 Å². The molecule has 1 aromatic rings. The van der Waals surface area contributed by atoms with Gasteiger partial charge in [-0.25, -0.2) is 4.39 Å². The third-order valence-corrected chi connectivity index (χ3v) is 5.00. The summed E-state index contributed by atoms with van der Waals surface area (Å²) in [4.78, 5) is 16.7. The molecule has 120 valence electrons. The monoisotopic (exact) mass is 370 g/mol. The van der Waals surface area contributed by atoms with Crippen molar-refractivity contribution in [3.05, 3.63) is 34.1 Å². The number of carbonyl (C=O) groups is 1. The molecule has 2 heterocycles. The van der Waals surface area contributed by atoms with Crippen molar-refractivity contribution in [3.8, 4) is 0 Å². The van der Waals surface area contributed by atoms with Crippen LogP contribution in [-0.2, 0) is 4.74 Å². The highest BCUT2D eigenvalue weighted by Crippen LogP contribution is 2.21. The second-order valence-corrected chi connectivity index (χ2v) is 6.71. The normalized spacial score (nSPS) is 23.0. The first-order valence-electron chi connectivity index (χ1n) is 7.72. The van der Waals surface area contributed by atoms with Gasteiger partial charge in [0.25, 0.3) is 5.91 Å². The number of rotatable bonds is 3. The number of carbonyl (C=O) groups excluding carboxylic acids is 1. The fraction of sp³-hybridized carbons (Fsp3) is 0.562. The van der Waals surface area contributed by atoms with Crippen LogP contribution in [0.25, 0.3) is 0 Å². The van der Waals surface area contributed by atoms with Gasteiger partial charge in [0, 0.05) is 43.8 Å². The van der Waals surface area contributed by atoms with Crippen molar-refractivity contribution < 1.29 is 13.9 Å². The predicted molar refractivity (Wildman–Crippen MR) is 85.4 cm³/mol. The number of hydrogen-bond donors (Lipinski definition) is 0. The summed E-state index contributed by atoms with van der Waals surface area (Å²) in [6.45, 7) is 4.86. The smallest absolute Gasteiger partial charge is 0.255 e. The summed E-state index contributed by atoms with van der Waals surface area (Å²) in [7, 11) is 0. The van der Waals surface area contributed by atoms with Crippen LogP contribution in [0.3, 0.4) is 0 Å². The van der Waals surface area contributed by atoms with Crippen molar-refractivity contribution in [1.29, 1.82) is 0 Å². The van der Waals surface area contributed by atoms with Crippen LogP contribution >= 0.6 is 15.9 Å². The van der Waals surface area contributed by atoms with Gasteiger partial charge in [0.05, 0.1) is 11.7 Å². The molecular formula is C16H20BrFN2O2. The minimum absolute atomic E-state index is 0.108. The molecular weight excluding hydrogens is 351 g/mol. The quantitative estimate of drug-likeness (QED) is 0.819. The third kappa shape index (κ3) is 3.67. The van der Waals surface area contributed by atoms with Gasteiger partial charge < -0.3 is 9.64 Å². The first kappa shape index (κ1) is 15.9. The van der Waals surface area contributed by atoms with Gasteiger partial charge in [-0.1, -0.05) is 0 Å². The van der Waals surface area contributed by atoms with E-state index in [0.29, 0.717) is 29.2 Å². The van der Waals surface area contributed by atoms with Gasteiger partial charge in [0.15, 0.2) is 0 Å². The molecule has 0 bridgehead atoms. The van der Waals surface area contributed by atoms with Crippen molar-refractivity contribution in [2.75, 3.05) is 39.3 Å². The Labute approximate surface area is 138 Å². The minimum Gasteiger partial charge on any atom is -0.377 e. The van der Waals surface area contributed by atoms with E-state index in [4.69, 9.17) is 4.74 Å². The molecule has 0 saturated carbocycles. The largest absolute Gasteiger partial charge is 0.377 e. The zero-order valence-electron chi connectivity index (χ0n) is 12.4. The van der Waals surface area contributed by atoms with E-state index in [0.717, 1.165) is 39.1 Å². The molecule has 1 atom stereocenters. The van der Waals surface area contributed by atoms with Crippen molar-refractivity contribution >= 4 is 21.8 Å². The molecule has 22 heavy (non-hydrogen) atoms. The summed E-state index contributed by atoms with van der Waals surface area (Å²) in [6, 6.07) is 4.22. The molecule has 0 radical (unpaired) electrons. The first-order chi connectivity index (χ1) is 10.6. The van der Waals surface area contributed by atoms with Crippen LogP contribution < -0.4 is 0 Å². The molecule has 2 aliphatic rings. The average Bonchev–Trinajstić information content (AvgIpc) is 3.03. The number of halogens is 2. The molecule has 1 amide bonds. The van der Waals surface area contributed by atoms with Crippen LogP contribution in [0.2, 0.25) is 0 Å². The van der Waals surface area contributed by atoms with Gasteiger partial charge in [0.2, 0.25) is 0 Å². The van der Waals surface area contributed by atoms with Crippen molar-refractivity contribution in [2.45, 2.75) is 18.9 Å². The number of ether oxygens (including phenoxy) is 1. The zero-order valence-corrected chi connectivity index (χ0v) is 14.0. The highest BCUT2D eigenvalue weighted by Gasteiger charge is 2.26. The Morgan fingerprint density at radius 1 is 1.32 bits per heavy atom. The maximum atomic E-state index is 13.4. The van der Waals surface area contributed by atoms with Gasteiger partial charge in [-0.05, 0) is 47.0 Å². The summed E-state index contributed by atoms with van der Waals surface area (Å²) in [5.41, 5.74) is 0.396. The molecule has 2 saturated heterocycles. The lowest BCUT2D eigenvalue weighted by atomic mass is 10.1. The van der Waals surface area contributed by atoms with E-state index in [1.807, 2.05) is 0 Å². The predicted octanol–water partition coefficient (Wildman–Crippen LogP) is 2.53. The first-order valence-corrected chi connectivity index (χ1v) is 8.51. The van der Waals surface area contributed by atoms with Crippen LogP contribution in [-0.4, -0.2) is 61.1 Å². The van der Waals surface area contributed by atoms with E-state index in [2.05, 4.69) is 20.8 Å². The fourth-order valence-electron chi connectivity index (χ4n) is 3.04. The summed E-state index contributed by atoms with van der Waals surface area (Å²) in [6.07, 6.45) is 2.63. The second-order valence-electron chi connectivity index (χ2n) is 5.85. The molecule has 2 fully saturated rings. The van der Waals surface area contributed by atoms with Crippen molar-refractivity contribution in [2.24, 2.45) is 0 Å². The Balaban J connectivity index is 1.56. The lowest BCUT2D eigenvalue weighted by Gasteiger charge is -2.35. The van der Waals surface area contributed by atoms with Gasteiger partial charge in [-0.2, -0.15) is 0 Å². The van der Waals surface area contributed by atoms with Crippen LogP contribution in [0.4, 0.5) is 4.39 Å². The number of piperazine rings is 1. The number of hydrogen-bond acceptors (Lipinski definition) is 3. The fourth-order valence-corrected chi connectivity index (χ4v) is 3.46. The molecule has 0 aromatic heterocycles. The van der Waals surface area contributed by atoms with Crippen LogP contribution in [0, 0.1) is 5.82 Å². The molecule has 0 spiro atoms. The highest BCUT2D eigenvalue weighted by molar-refractivity contribution is 9.10. The molecule has 3 rings (SSSR count). The number of benzene rings is 1. The van der Waals surface area contributed by atoms with Crippen LogP contribution in [0.1, 0.15) is 23.2 Å².